The van der Waals surface area contributed by atoms with Gasteiger partial charge in [0, 0.05) is 47.8 Å². The first-order valence-corrected chi connectivity index (χ1v) is 8.29. The van der Waals surface area contributed by atoms with Gasteiger partial charge in [-0.2, -0.15) is 0 Å². The van der Waals surface area contributed by atoms with E-state index in [1.807, 2.05) is 17.8 Å². The standard InChI is InChI=1S/C16H21N3OS/c1-19-8-3-4-16(19)17-7-9-21-15-11-18-14-6-5-12(20-2)10-13(14)15/h5-6,10-11,18H,3-4,7-9H2,1-2H3. The highest BCUT2D eigenvalue weighted by Gasteiger charge is 2.13. The van der Waals surface area contributed by atoms with Gasteiger partial charge in [0.2, 0.25) is 0 Å². The molecule has 1 saturated heterocycles. The van der Waals surface area contributed by atoms with Crippen molar-refractivity contribution in [2.24, 2.45) is 4.99 Å². The number of methoxy groups -OCH3 is 1. The molecule has 1 aromatic carbocycles. The molecule has 0 aliphatic carbocycles. The van der Waals surface area contributed by atoms with E-state index < -0.39 is 0 Å². The van der Waals surface area contributed by atoms with Crippen LogP contribution >= 0.6 is 11.8 Å². The topological polar surface area (TPSA) is 40.6 Å². The molecule has 1 aromatic heterocycles. The van der Waals surface area contributed by atoms with Crippen molar-refractivity contribution in [3.63, 3.8) is 0 Å². The van der Waals surface area contributed by atoms with E-state index in [0.29, 0.717) is 0 Å². The van der Waals surface area contributed by atoms with E-state index in [4.69, 9.17) is 9.73 Å². The normalized spacial score (nSPS) is 17.0. The highest BCUT2D eigenvalue weighted by atomic mass is 32.2. The second kappa shape index (κ2) is 6.43. The highest BCUT2D eigenvalue weighted by molar-refractivity contribution is 7.99. The summed E-state index contributed by atoms with van der Waals surface area (Å²) in [7, 11) is 3.83. The number of hydrogen-bond acceptors (Lipinski definition) is 3. The van der Waals surface area contributed by atoms with Crippen LogP contribution in [0.25, 0.3) is 10.9 Å². The summed E-state index contributed by atoms with van der Waals surface area (Å²) in [5.41, 5.74) is 1.15. The molecule has 0 saturated carbocycles. The number of aliphatic imine (C=N–C) groups is 1. The molecule has 3 rings (SSSR count). The van der Waals surface area contributed by atoms with Crippen LogP contribution in [0.4, 0.5) is 0 Å². The lowest BCUT2D eigenvalue weighted by Crippen LogP contribution is -2.19. The highest BCUT2D eigenvalue weighted by Crippen LogP contribution is 2.30. The number of thioether (sulfide) groups is 1. The number of aromatic nitrogens is 1. The minimum absolute atomic E-state index is 0.876. The fraction of sp³-hybridized carbons (Fsp3) is 0.438. The SMILES string of the molecule is COc1ccc2[nH]cc(SCCN=C3CCCN3C)c2c1. The number of nitrogens with one attached hydrogen (secondary N) is 1. The largest absolute Gasteiger partial charge is 0.497 e. The second-order valence-electron chi connectivity index (χ2n) is 5.24. The van der Waals surface area contributed by atoms with Crippen molar-refractivity contribution < 1.29 is 4.74 Å². The number of fused-ring (bicyclic) bond motifs is 1. The molecule has 0 atom stereocenters. The molecular weight excluding hydrogens is 282 g/mol. The van der Waals surface area contributed by atoms with E-state index in [-0.39, 0.29) is 0 Å². The van der Waals surface area contributed by atoms with Crippen LogP contribution in [0, 0.1) is 0 Å². The van der Waals surface area contributed by atoms with Crippen molar-refractivity contribution in [1.82, 2.24) is 9.88 Å². The average molecular weight is 303 g/mol. The van der Waals surface area contributed by atoms with E-state index in [1.165, 1.54) is 22.5 Å². The lowest BCUT2D eigenvalue weighted by atomic mass is 10.2. The molecule has 1 N–H and O–H groups in total. The van der Waals surface area contributed by atoms with Gasteiger partial charge in [0.05, 0.1) is 19.5 Å². The van der Waals surface area contributed by atoms with Gasteiger partial charge in [-0.05, 0) is 24.6 Å². The quantitative estimate of drug-likeness (QED) is 0.680. The molecular formula is C16H21N3OS. The maximum atomic E-state index is 5.30. The van der Waals surface area contributed by atoms with Gasteiger partial charge < -0.3 is 14.6 Å². The Morgan fingerprint density at radius 1 is 1.43 bits per heavy atom. The molecule has 0 bridgehead atoms. The lowest BCUT2D eigenvalue weighted by molar-refractivity contribution is 0.415. The summed E-state index contributed by atoms with van der Waals surface area (Å²) in [4.78, 5) is 11.5. The zero-order valence-electron chi connectivity index (χ0n) is 12.6. The number of benzene rings is 1. The molecule has 0 amide bonds. The molecule has 5 heteroatoms. The van der Waals surface area contributed by atoms with Crippen LogP contribution in [-0.2, 0) is 0 Å². The molecule has 112 valence electrons. The molecule has 0 unspecified atom stereocenters. The van der Waals surface area contributed by atoms with Gasteiger partial charge in [-0.15, -0.1) is 11.8 Å². The Morgan fingerprint density at radius 2 is 2.33 bits per heavy atom. The third-order valence-electron chi connectivity index (χ3n) is 3.83. The van der Waals surface area contributed by atoms with Crippen LogP contribution in [0.15, 0.2) is 34.3 Å². The van der Waals surface area contributed by atoms with Gasteiger partial charge in [-0.3, -0.25) is 4.99 Å². The molecule has 4 nitrogen and oxygen atoms in total. The van der Waals surface area contributed by atoms with Crippen molar-refractivity contribution in [1.29, 1.82) is 0 Å². The van der Waals surface area contributed by atoms with Crippen LogP contribution in [0.1, 0.15) is 12.8 Å². The summed E-state index contributed by atoms with van der Waals surface area (Å²) in [5.74, 6) is 3.16. The van der Waals surface area contributed by atoms with Crippen LogP contribution < -0.4 is 4.74 Å². The Bertz CT molecular complexity index is 650. The smallest absolute Gasteiger partial charge is 0.119 e. The van der Waals surface area contributed by atoms with Gasteiger partial charge >= 0.3 is 0 Å². The zero-order valence-corrected chi connectivity index (χ0v) is 13.4. The van der Waals surface area contributed by atoms with E-state index in [0.717, 1.165) is 36.5 Å². The first kappa shape index (κ1) is 14.3. The van der Waals surface area contributed by atoms with Crippen LogP contribution in [0.3, 0.4) is 0 Å². The maximum absolute atomic E-state index is 5.30. The van der Waals surface area contributed by atoms with E-state index in [9.17, 15) is 0 Å². The van der Waals surface area contributed by atoms with E-state index in [2.05, 4.69) is 35.3 Å². The van der Waals surface area contributed by atoms with Crippen molar-refractivity contribution in [2.45, 2.75) is 17.7 Å². The zero-order chi connectivity index (χ0) is 14.7. The molecule has 0 spiro atoms. The van der Waals surface area contributed by atoms with Gasteiger partial charge in [-0.25, -0.2) is 0 Å². The van der Waals surface area contributed by atoms with Gasteiger partial charge in [0.25, 0.3) is 0 Å². The van der Waals surface area contributed by atoms with Crippen molar-refractivity contribution in [3.8, 4) is 5.75 Å². The van der Waals surface area contributed by atoms with Gasteiger partial charge in [0.1, 0.15) is 5.75 Å². The fourth-order valence-electron chi connectivity index (χ4n) is 2.64. The number of H-pyrrole nitrogens is 1. The summed E-state index contributed by atoms with van der Waals surface area (Å²) in [6, 6.07) is 6.13. The number of aromatic amines is 1. The van der Waals surface area contributed by atoms with E-state index >= 15 is 0 Å². The number of nitrogens with zero attached hydrogens (tertiary/aromatic N) is 2. The number of likely N-dealkylation sites (tertiary alicyclic amines) is 1. The Labute approximate surface area is 129 Å². The monoisotopic (exact) mass is 303 g/mol. The van der Waals surface area contributed by atoms with Gasteiger partial charge in [0.15, 0.2) is 0 Å². The molecule has 2 heterocycles. The van der Waals surface area contributed by atoms with Crippen molar-refractivity contribution in [2.75, 3.05) is 33.0 Å². The predicted molar refractivity (Wildman–Crippen MR) is 89.7 cm³/mol. The molecule has 1 fully saturated rings. The molecule has 1 aliphatic rings. The van der Waals surface area contributed by atoms with E-state index in [1.54, 1.807) is 7.11 Å². The molecule has 1 aliphatic heterocycles. The summed E-state index contributed by atoms with van der Waals surface area (Å²) in [5, 5.41) is 1.23. The molecule has 21 heavy (non-hydrogen) atoms. The maximum Gasteiger partial charge on any atom is 0.119 e. The molecule has 0 radical (unpaired) electrons. The Balaban J connectivity index is 1.62. The molecule has 2 aromatic rings. The summed E-state index contributed by atoms with van der Waals surface area (Å²) < 4.78 is 5.30. The number of hydrogen-bond donors (Lipinski definition) is 1. The van der Waals surface area contributed by atoms with Gasteiger partial charge in [-0.1, -0.05) is 0 Å². The summed E-state index contributed by atoms with van der Waals surface area (Å²) in [6.45, 7) is 2.02. The van der Waals surface area contributed by atoms with Crippen molar-refractivity contribution in [3.05, 3.63) is 24.4 Å². The third-order valence-corrected chi connectivity index (χ3v) is 4.86. The van der Waals surface area contributed by atoms with Crippen molar-refractivity contribution >= 4 is 28.5 Å². The second-order valence-corrected chi connectivity index (χ2v) is 6.37. The van der Waals surface area contributed by atoms with Crippen LogP contribution in [0.2, 0.25) is 0 Å². The number of amidine groups is 1. The summed E-state index contributed by atoms with van der Waals surface area (Å²) >= 11 is 1.85. The first-order chi connectivity index (χ1) is 10.3. The Hall–Kier alpha value is -1.62. The van der Waals surface area contributed by atoms with Crippen LogP contribution in [0.5, 0.6) is 5.75 Å². The minimum Gasteiger partial charge on any atom is -0.497 e. The fourth-order valence-corrected chi connectivity index (χ4v) is 3.51. The number of ether oxygens (including phenoxy) is 1. The summed E-state index contributed by atoms with van der Waals surface area (Å²) in [6.07, 6.45) is 4.44. The number of rotatable bonds is 5. The third kappa shape index (κ3) is 3.18. The Morgan fingerprint density at radius 3 is 3.10 bits per heavy atom. The predicted octanol–water partition coefficient (Wildman–Crippen LogP) is 3.39. The lowest BCUT2D eigenvalue weighted by Gasteiger charge is -2.10. The minimum atomic E-state index is 0.876. The average Bonchev–Trinajstić information content (AvgIpc) is 3.09. The Kier molecular flexibility index (Phi) is 4.39. The first-order valence-electron chi connectivity index (χ1n) is 7.30. The van der Waals surface area contributed by atoms with Crippen LogP contribution in [-0.4, -0.2) is 48.7 Å².